The Labute approximate surface area is 109 Å². The van der Waals surface area contributed by atoms with Crippen molar-refractivity contribution in [2.45, 2.75) is 33.2 Å². The molecule has 2 unspecified atom stereocenters. The molecule has 0 saturated carbocycles. The van der Waals surface area contributed by atoms with Crippen molar-refractivity contribution in [2.24, 2.45) is 11.7 Å². The Hall–Kier alpha value is -1.35. The monoisotopic (exact) mass is 246 g/mol. The molecule has 1 saturated heterocycles. The van der Waals surface area contributed by atoms with Gasteiger partial charge in [-0.1, -0.05) is 29.3 Å². The number of aryl methyl sites for hydroxylation is 2. The van der Waals surface area contributed by atoms with E-state index in [1.165, 1.54) is 16.7 Å². The zero-order valence-electron chi connectivity index (χ0n) is 11.4. The lowest BCUT2D eigenvalue weighted by Gasteiger charge is -2.26. The van der Waals surface area contributed by atoms with Crippen LogP contribution in [0.15, 0.2) is 18.2 Å². The predicted molar refractivity (Wildman–Crippen MR) is 73.2 cm³/mol. The smallest absolute Gasteiger partial charge is 0.223 e. The number of carbonyl (C=O) groups excluding carboxylic acids is 1. The van der Waals surface area contributed by atoms with E-state index in [0.717, 1.165) is 6.54 Å². The highest BCUT2D eigenvalue weighted by Gasteiger charge is 2.32. The topological polar surface area (TPSA) is 46.3 Å². The Morgan fingerprint density at radius 3 is 2.44 bits per heavy atom. The van der Waals surface area contributed by atoms with E-state index < -0.39 is 0 Å². The number of hydrogen-bond acceptors (Lipinski definition) is 2. The van der Waals surface area contributed by atoms with Crippen LogP contribution >= 0.6 is 0 Å². The van der Waals surface area contributed by atoms with E-state index in [-0.39, 0.29) is 11.9 Å². The van der Waals surface area contributed by atoms with Crippen molar-refractivity contribution >= 4 is 5.91 Å². The molecular weight excluding hydrogens is 224 g/mol. The Morgan fingerprint density at radius 1 is 1.33 bits per heavy atom. The first-order valence-corrected chi connectivity index (χ1v) is 6.59. The van der Waals surface area contributed by atoms with E-state index in [1.807, 2.05) is 4.90 Å². The largest absolute Gasteiger partial charge is 0.336 e. The molecule has 98 valence electrons. The summed E-state index contributed by atoms with van der Waals surface area (Å²) in [5.41, 5.74) is 9.39. The average Bonchev–Trinajstić information content (AvgIpc) is 2.68. The summed E-state index contributed by atoms with van der Waals surface area (Å²) in [6, 6.07) is 6.64. The molecule has 3 heteroatoms. The Balaban J connectivity index is 2.20. The Kier molecular flexibility index (Phi) is 3.71. The summed E-state index contributed by atoms with van der Waals surface area (Å²) in [5.74, 6) is 0.558. The lowest BCUT2D eigenvalue weighted by Crippen LogP contribution is -2.29. The van der Waals surface area contributed by atoms with Gasteiger partial charge in [0.25, 0.3) is 0 Å². The summed E-state index contributed by atoms with van der Waals surface area (Å²) in [6.07, 6.45) is 0.603. The van der Waals surface area contributed by atoms with Crippen LogP contribution in [0.25, 0.3) is 0 Å². The molecule has 1 aromatic rings. The fourth-order valence-corrected chi connectivity index (χ4v) is 2.77. The highest BCUT2D eigenvalue weighted by molar-refractivity contribution is 5.79. The normalized spacial score (nSPS) is 21.4. The molecule has 1 fully saturated rings. The van der Waals surface area contributed by atoms with E-state index in [1.54, 1.807) is 0 Å². The second-order valence-corrected chi connectivity index (χ2v) is 5.45. The highest BCUT2D eigenvalue weighted by atomic mass is 16.2. The standard InChI is InChI=1S/C15H22N2O/c1-10-4-11(2)6-14(5-10)12(3)17-9-13(8-16)7-15(17)18/h4-6,12-13H,7-9,16H2,1-3H3. The van der Waals surface area contributed by atoms with Crippen LogP contribution in [-0.4, -0.2) is 23.9 Å². The maximum atomic E-state index is 12.0. The van der Waals surface area contributed by atoms with Crippen molar-refractivity contribution in [3.05, 3.63) is 34.9 Å². The van der Waals surface area contributed by atoms with E-state index in [9.17, 15) is 4.79 Å². The van der Waals surface area contributed by atoms with E-state index in [2.05, 4.69) is 39.0 Å². The van der Waals surface area contributed by atoms with Crippen LogP contribution in [0.2, 0.25) is 0 Å². The first kappa shape index (κ1) is 13.1. The number of amides is 1. The summed E-state index contributed by atoms with van der Waals surface area (Å²) in [4.78, 5) is 14.0. The summed E-state index contributed by atoms with van der Waals surface area (Å²) in [7, 11) is 0. The molecule has 1 heterocycles. The molecule has 1 amide bonds. The Morgan fingerprint density at radius 2 is 1.94 bits per heavy atom. The van der Waals surface area contributed by atoms with Crippen molar-refractivity contribution in [1.29, 1.82) is 0 Å². The maximum Gasteiger partial charge on any atom is 0.223 e. The van der Waals surface area contributed by atoms with E-state index in [0.29, 0.717) is 18.9 Å². The average molecular weight is 246 g/mol. The van der Waals surface area contributed by atoms with Crippen LogP contribution in [-0.2, 0) is 4.79 Å². The van der Waals surface area contributed by atoms with Gasteiger partial charge in [0.1, 0.15) is 0 Å². The first-order chi connectivity index (χ1) is 8.51. The number of hydrogen-bond donors (Lipinski definition) is 1. The number of rotatable bonds is 3. The first-order valence-electron chi connectivity index (χ1n) is 6.59. The van der Waals surface area contributed by atoms with Gasteiger partial charge in [-0.3, -0.25) is 4.79 Å². The molecule has 0 bridgehead atoms. The van der Waals surface area contributed by atoms with Gasteiger partial charge >= 0.3 is 0 Å². The van der Waals surface area contributed by atoms with Crippen LogP contribution in [0.5, 0.6) is 0 Å². The zero-order valence-corrected chi connectivity index (χ0v) is 11.4. The third-order valence-electron chi connectivity index (χ3n) is 3.77. The molecular formula is C15H22N2O. The molecule has 0 radical (unpaired) electrons. The second kappa shape index (κ2) is 5.11. The molecule has 0 spiro atoms. The minimum absolute atomic E-state index is 0.146. The van der Waals surface area contributed by atoms with Gasteiger partial charge in [-0.25, -0.2) is 0 Å². The summed E-state index contributed by atoms with van der Waals surface area (Å²) < 4.78 is 0. The number of benzene rings is 1. The summed E-state index contributed by atoms with van der Waals surface area (Å²) >= 11 is 0. The molecule has 2 atom stereocenters. The molecule has 1 aliphatic rings. The second-order valence-electron chi connectivity index (χ2n) is 5.45. The van der Waals surface area contributed by atoms with Crippen LogP contribution in [0.3, 0.4) is 0 Å². The van der Waals surface area contributed by atoms with Crippen molar-refractivity contribution in [3.63, 3.8) is 0 Å². The van der Waals surface area contributed by atoms with Crippen LogP contribution < -0.4 is 5.73 Å². The van der Waals surface area contributed by atoms with Gasteiger partial charge in [0.2, 0.25) is 5.91 Å². The molecule has 2 rings (SSSR count). The maximum absolute atomic E-state index is 12.0. The van der Waals surface area contributed by atoms with Crippen LogP contribution in [0.4, 0.5) is 0 Å². The molecule has 1 aliphatic heterocycles. The number of nitrogens with two attached hydrogens (primary N) is 1. The van der Waals surface area contributed by atoms with Crippen molar-refractivity contribution in [1.82, 2.24) is 4.90 Å². The third kappa shape index (κ3) is 2.56. The molecule has 0 aromatic heterocycles. The molecule has 3 nitrogen and oxygen atoms in total. The third-order valence-corrected chi connectivity index (χ3v) is 3.77. The quantitative estimate of drug-likeness (QED) is 0.888. The van der Waals surface area contributed by atoms with Gasteiger partial charge in [-0.2, -0.15) is 0 Å². The van der Waals surface area contributed by atoms with Gasteiger partial charge in [0, 0.05) is 13.0 Å². The fraction of sp³-hybridized carbons (Fsp3) is 0.533. The van der Waals surface area contributed by atoms with Gasteiger partial charge in [0.05, 0.1) is 6.04 Å². The summed E-state index contributed by atoms with van der Waals surface area (Å²) in [5, 5.41) is 0. The van der Waals surface area contributed by atoms with Crippen LogP contribution in [0, 0.1) is 19.8 Å². The van der Waals surface area contributed by atoms with Gasteiger partial charge < -0.3 is 10.6 Å². The molecule has 1 aromatic carbocycles. The molecule has 0 aliphatic carbocycles. The fourth-order valence-electron chi connectivity index (χ4n) is 2.77. The summed E-state index contributed by atoms with van der Waals surface area (Å²) in [6.45, 7) is 7.69. The number of carbonyl (C=O) groups is 1. The predicted octanol–water partition coefficient (Wildman–Crippen LogP) is 2.17. The highest BCUT2D eigenvalue weighted by Crippen LogP contribution is 2.28. The SMILES string of the molecule is Cc1cc(C)cc(C(C)N2CC(CN)CC2=O)c1. The number of nitrogens with zero attached hydrogens (tertiary/aromatic N) is 1. The van der Waals surface area contributed by atoms with Crippen molar-refractivity contribution < 1.29 is 4.79 Å². The lowest BCUT2D eigenvalue weighted by molar-refractivity contribution is -0.129. The lowest BCUT2D eigenvalue weighted by atomic mass is 10.0. The molecule has 2 N–H and O–H groups in total. The van der Waals surface area contributed by atoms with Crippen LogP contribution in [0.1, 0.15) is 36.1 Å². The molecule has 18 heavy (non-hydrogen) atoms. The minimum atomic E-state index is 0.146. The van der Waals surface area contributed by atoms with Gasteiger partial charge in [0.15, 0.2) is 0 Å². The van der Waals surface area contributed by atoms with Gasteiger partial charge in [-0.05, 0) is 38.8 Å². The zero-order chi connectivity index (χ0) is 13.3. The van der Waals surface area contributed by atoms with E-state index >= 15 is 0 Å². The number of likely N-dealkylation sites (tertiary alicyclic amines) is 1. The van der Waals surface area contributed by atoms with E-state index in [4.69, 9.17) is 5.73 Å². The van der Waals surface area contributed by atoms with Gasteiger partial charge in [-0.15, -0.1) is 0 Å². The van der Waals surface area contributed by atoms with Crippen molar-refractivity contribution in [2.75, 3.05) is 13.1 Å². The Bertz CT molecular complexity index is 436. The minimum Gasteiger partial charge on any atom is -0.336 e. The van der Waals surface area contributed by atoms with Crippen molar-refractivity contribution in [3.8, 4) is 0 Å².